The predicted molar refractivity (Wildman–Crippen MR) is 102 cm³/mol. The highest BCUT2D eigenvalue weighted by Gasteiger charge is 2.17. The molecule has 0 saturated heterocycles. The summed E-state index contributed by atoms with van der Waals surface area (Å²) in [6.45, 7) is 13.5. The van der Waals surface area contributed by atoms with Gasteiger partial charge >= 0.3 is 0 Å². The van der Waals surface area contributed by atoms with E-state index < -0.39 is 6.10 Å². The van der Waals surface area contributed by atoms with Crippen molar-refractivity contribution in [3.63, 3.8) is 0 Å². The molecule has 1 N–H and O–H groups in total. The first kappa shape index (κ1) is 20.5. The van der Waals surface area contributed by atoms with Crippen LogP contribution in [0.3, 0.4) is 0 Å². The van der Waals surface area contributed by atoms with Crippen LogP contribution in [0.2, 0.25) is 0 Å². The number of carbonyl (C=O) groups excluding carboxylic acids is 1. The van der Waals surface area contributed by atoms with Crippen LogP contribution in [0.4, 0.5) is 0 Å². The molecule has 136 valence electrons. The van der Waals surface area contributed by atoms with Gasteiger partial charge in [0.05, 0.1) is 0 Å². The fourth-order valence-corrected chi connectivity index (χ4v) is 2.62. The molecule has 0 aliphatic heterocycles. The zero-order chi connectivity index (χ0) is 18.2. The van der Waals surface area contributed by atoms with Crippen LogP contribution < -0.4 is 10.1 Å². The Morgan fingerprint density at radius 2 is 1.79 bits per heavy atom. The Labute approximate surface area is 148 Å². The number of unbranched alkanes of at least 4 members (excludes halogenated alkanes) is 1. The van der Waals surface area contributed by atoms with Crippen molar-refractivity contribution in [3.05, 3.63) is 29.8 Å². The van der Waals surface area contributed by atoms with Crippen LogP contribution in [0.5, 0.6) is 5.75 Å². The van der Waals surface area contributed by atoms with Gasteiger partial charge in [-0.25, -0.2) is 0 Å². The van der Waals surface area contributed by atoms with Gasteiger partial charge in [-0.2, -0.15) is 0 Å². The Bertz CT molecular complexity index is 488. The minimum absolute atomic E-state index is 0.0372. The van der Waals surface area contributed by atoms with Crippen molar-refractivity contribution in [2.75, 3.05) is 6.54 Å². The molecule has 0 saturated carbocycles. The van der Waals surface area contributed by atoms with Crippen LogP contribution in [0, 0.1) is 5.92 Å². The van der Waals surface area contributed by atoms with Crippen molar-refractivity contribution in [2.45, 2.75) is 78.7 Å². The van der Waals surface area contributed by atoms with Gasteiger partial charge in [-0.3, -0.25) is 4.79 Å². The monoisotopic (exact) mass is 333 g/mol. The highest BCUT2D eigenvalue weighted by Crippen LogP contribution is 2.24. The Morgan fingerprint density at radius 3 is 2.29 bits per heavy atom. The average Bonchev–Trinajstić information content (AvgIpc) is 2.54. The maximum absolute atomic E-state index is 12.2. The Morgan fingerprint density at radius 1 is 1.17 bits per heavy atom. The summed E-state index contributed by atoms with van der Waals surface area (Å²) in [6.07, 6.45) is 4.23. The third-order valence-electron chi connectivity index (χ3n) is 4.51. The Hall–Kier alpha value is -1.51. The van der Waals surface area contributed by atoms with Crippen molar-refractivity contribution >= 4 is 5.91 Å². The van der Waals surface area contributed by atoms with Gasteiger partial charge < -0.3 is 10.1 Å². The molecule has 0 aromatic heterocycles. The second-order valence-electron chi connectivity index (χ2n) is 7.70. The molecule has 0 fully saturated rings. The van der Waals surface area contributed by atoms with Crippen molar-refractivity contribution in [1.29, 1.82) is 0 Å². The lowest BCUT2D eigenvalue weighted by molar-refractivity contribution is -0.127. The summed E-state index contributed by atoms with van der Waals surface area (Å²) >= 11 is 0. The van der Waals surface area contributed by atoms with Crippen LogP contribution in [-0.2, 0) is 10.2 Å². The molecule has 1 aromatic rings. The molecule has 0 heterocycles. The maximum Gasteiger partial charge on any atom is 0.260 e. The molecule has 24 heavy (non-hydrogen) atoms. The van der Waals surface area contributed by atoms with E-state index in [9.17, 15) is 4.79 Å². The highest BCUT2D eigenvalue weighted by molar-refractivity contribution is 5.80. The van der Waals surface area contributed by atoms with Crippen LogP contribution >= 0.6 is 0 Å². The molecule has 3 nitrogen and oxygen atoms in total. The van der Waals surface area contributed by atoms with Gasteiger partial charge in [0.25, 0.3) is 5.91 Å². The number of nitrogens with one attached hydrogen (secondary N) is 1. The first-order chi connectivity index (χ1) is 11.3. The van der Waals surface area contributed by atoms with Gasteiger partial charge in [0.1, 0.15) is 5.75 Å². The van der Waals surface area contributed by atoms with Gasteiger partial charge in [0.2, 0.25) is 0 Å². The van der Waals surface area contributed by atoms with E-state index in [0.29, 0.717) is 5.92 Å². The number of amides is 1. The summed E-state index contributed by atoms with van der Waals surface area (Å²) in [6, 6.07) is 8.02. The first-order valence-electron chi connectivity index (χ1n) is 9.32. The van der Waals surface area contributed by atoms with Gasteiger partial charge in [0.15, 0.2) is 6.10 Å². The predicted octanol–water partition coefficient (Wildman–Crippen LogP) is 5.08. The van der Waals surface area contributed by atoms with Crippen molar-refractivity contribution in [3.8, 4) is 5.75 Å². The standard InChI is InChI=1S/C21H35NO2/c1-7-9-10-17(8-2)15-22-20(23)16(3)24-19-13-11-18(12-14-19)21(4,5)6/h11-14,16-17H,7-10,15H2,1-6H3,(H,22,23)/t16-,17-/m1/s1. The smallest absolute Gasteiger partial charge is 0.260 e. The van der Waals surface area contributed by atoms with Gasteiger partial charge in [-0.05, 0) is 42.4 Å². The lowest BCUT2D eigenvalue weighted by atomic mass is 9.87. The molecular formula is C21H35NO2. The van der Waals surface area contributed by atoms with E-state index in [4.69, 9.17) is 4.74 Å². The molecule has 2 atom stereocenters. The zero-order valence-electron chi connectivity index (χ0n) is 16.3. The molecule has 1 amide bonds. The second kappa shape index (κ2) is 9.71. The summed E-state index contributed by atoms with van der Waals surface area (Å²) < 4.78 is 5.78. The van der Waals surface area contributed by atoms with E-state index in [-0.39, 0.29) is 11.3 Å². The van der Waals surface area contributed by atoms with Crippen molar-refractivity contribution in [2.24, 2.45) is 5.92 Å². The summed E-state index contributed by atoms with van der Waals surface area (Å²) in [4.78, 5) is 12.2. The number of carbonyl (C=O) groups is 1. The molecule has 0 unspecified atom stereocenters. The van der Waals surface area contributed by atoms with E-state index >= 15 is 0 Å². The average molecular weight is 334 g/mol. The highest BCUT2D eigenvalue weighted by atomic mass is 16.5. The van der Waals surface area contributed by atoms with Crippen LogP contribution in [0.1, 0.15) is 72.8 Å². The zero-order valence-corrected chi connectivity index (χ0v) is 16.3. The van der Waals surface area contributed by atoms with Crippen LogP contribution in [-0.4, -0.2) is 18.6 Å². The molecule has 1 aromatic carbocycles. The summed E-state index contributed by atoms with van der Waals surface area (Å²) in [7, 11) is 0. The fourth-order valence-electron chi connectivity index (χ4n) is 2.62. The van der Waals surface area contributed by atoms with Gasteiger partial charge in [-0.1, -0.05) is 66.0 Å². The summed E-state index contributed by atoms with van der Waals surface area (Å²) in [5.74, 6) is 1.26. The molecule has 1 rings (SSSR count). The third kappa shape index (κ3) is 6.94. The number of hydrogen-bond acceptors (Lipinski definition) is 2. The van der Waals surface area contributed by atoms with E-state index in [1.165, 1.54) is 24.8 Å². The minimum atomic E-state index is -0.478. The lowest BCUT2D eigenvalue weighted by Gasteiger charge is -2.21. The van der Waals surface area contributed by atoms with E-state index in [0.717, 1.165) is 18.7 Å². The Kier molecular flexibility index (Phi) is 8.30. The largest absolute Gasteiger partial charge is 0.481 e. The van der Waals surface area contributed by atoms with Gasteiger partial charge in [-0.15, -0.1) is 0 Å². The molecular weight excluding hydrogens is 298 g/mol. The van der Waals surface area contributed by atoms with E-state index in [2.05, 4.69) is 52.1 Å². The molecule has 0 spiro atoms. The molecule has 0 aliphatic carbocycles. The number of benzene rings is 1. The second-order valence-corrected chi connectivity index (χ2v) is 7.70. The normalized spacial score (nSPS) is 14.1. The SMILES string of the molecule is CCCC[C@@H](CC)CNC(=O)[C@@H](C)Oc1ccc(C(C)(C)C)cc1. The number of rotatable bonds is 9. The van der Waals surface area contributed by atoms with Crippen molar-refractivity contribution < 1.29 is 9.53 Å². The van der Waals surface area contributed by atoms with Gasteiger partial charge in [0, 0.05) is 6.54 Å². The molecule has 0 radical (unpaired) electrons. The van der Waals surface area contributed by atoms with Crippen LogP contribution in [0.25, 0.3) is 0 Å². The third-order valence-corrected chi connectivity index (χ3v) is 4.51. The quantitative estimate of drug-likeness (QED) is 0.684. The lowest BCUT2D eigenvalue weighted by Crippen LogP contribution is -2.38. The first-order valence-corrected chi connectivity index (χ1v) is 9.32. The summed E-state index contributed by atoms with van der Waals surface area (Å²) in [5.41, 5.74) is 1.38. The molecule has 0 bridgehead atoms. The molecule has 0 aliphatic rings. The Balaban J connectivity index is 2.48. The number of ether oxygens (including phenoxy) is 1. The number of hydrogen-bond donors (Lipinski definition) is 1. The topological polar surface area (TPSA) is 38.3 Å². The molecule has 3 heteroatoms. The minimum Gasteiger partial charge on any atom is -0.481 e. The van der Waals surface area contributed by atoms with Crippen molar-refractivity contribution in [1.82, 2.24) is 5.32 Å². The summed E-state index contributed by atoms with van der Waals surface area (Å²) in [5, 5.41) is 3.03. The van der Waals surface area contributed by atoms with Crippen LogP contribution in [0.15, 0.2) is 24.3 Å². The van der Waals surface area contributed by atoms with E-state index in [1.54, 1.807) is 6.92 Å². The van der Waals surface area contributed by atoms with E-state index in [1.807, 2.05) is 12.1 Å². The maximum atomic E-state index is 12.2. The fraction of sp³-hybridized carbons (Fsp3) is 0.667.